The Labute approximate surface area is 161 Å². The predicted octanol–water partition coefficient (Wildman–Crippen LogP) is 4.74. The molecule has 1 fully saturated rings. The predicted molar refractivity (Wildman–Crippen MR) is 104 cm³/mol. The summed E-state index contributed by atoms with van der Waals surface area (Å²) >= 11 is 0. The van der Waals surface area contributed by atoms with Crippen molar-refractivity contribution in [3.05, 3.63) is 65.6 Å². The van der Waals surface area contributed by atoms with Crippen LogP contribution in [0.4, 0.5) is 26.6 Å². The maximum atomic E-state index is 13.1. The van der Waals surface area contributed by atoms with Gasteiger partial charge in [-0.15, -0.1) is 5.10 Å². The molecule has 0 aliphatic heterocycles. The van der Waals surface area contributed by atoms with Crippen molar-refractivity contribution in [2.24, 2.45) is 0 Å². The lowest BCUT2D eigenvalue weighted by molar-refractivity contribution is 0.192. The lowest BCUT2D eigenvalue weighted by Crippen LogP contribution is -2.13. The molecule has 0 radical (unpaired) electrons. The Morgan fingerprint density at radius 3 is 2.57 bits per heavy atom. The monoisotopic (exact) mass is 381 g/mol. The number of carbonyl (C=O) groups is 1. The minimum Gasteiger partial charge on any atom is -0.463 e. The molecule has 3 aromatic rings. The quantitative estimate of drug-likeness (QED) is 0.571. The van der Waals surface area contributed by atoms with Gasteiger partial charge in [0.1, 0.15) is 17.5 Å². The smallest absolute Gasteiger partial charge is 0.432 e. The molecule has 1 saturated carbocycles. The third kappa shape index (κ3) is 3.95. The van der Waals surface area contributed by atoms with Gasteiger partial charge < -0.3 is 15.7 Å². The molecule has 0 amide bonds. The third-order valence-corrected chi connectivity index (χ3v) is 4.65. The standard InChI is InChI=1S/C20H20FN5O2/c1-12(13-7-9-15(21)10-8-13)22-17-3-2-4-18(23-17)24-19-11-16(14-5-6-14)26(25-19)20(27)28/h2-4,7-12,14H,5-6H2,1H3,(H,27,28)(H2,22,23,24,25)/t12-/m0/s1. The number of hydrogen-bond acceptors (Lipinski definition) is 5. The molecule has 1 atom stereocenters. The van der Waals surface area contributed by atoms with Crippen LogP contribution in [0.3, 0.4) is 0 Å². The molecular weight excluding hydrogens is 361 g/mol. The van der Waals surface area contributed by atoms with Crippen LogP contribution < -0.4 is 10.6 Å². The van der Waals surface area contributed by atoms with Gasteiger partial charge in [-0.2, -0.15) is 4.68 Å². The second-order valence-electron chi connectivity index (χ2n) is 6.87. The summed E-state index contributed by atoms with van der Waals surface area (Å²) in [7, 11) is 0. The highest BCUT2D eigenvalue weighted by atomic mass is 19.1. The second-order valence-corrected chi connectivity index (χ2v) is 6.87. The third-order valence-electron chi connectivity index (χ3n) is 4.65. The number of nitrogens with zero attached hydrogens (tertiary/aromatic N) is 3. The molecule has 8 heteroatoms. The van der Waals surface area contributed by atoms with Crippen LogP contribution in [0.15, 0.2) is 48.5 Å². The normalized spacial score (nSPS) is 14.5. The molecule has 0 bridgehead atoms. The highest BCUT2D eigenvalue weighted by Gasteiger charge is 2.30. The Morgan fingerprint density at radius 2 is 1.89 bits per heavy atom. The number of benzene rings is 1. The van der Waals surface area contributed by atoms with Crippen molar-refractivity contribution in [2.45, 2.75) is 31.7 Å². The molecule has 28 heavy (non-hydrogen) atoms. The lowest BCUT2D eigenvalue weighted by Gasteiger charge is -2.15. The minimum atomic E-state index is -1.09. The summed E-state index contributed by atoms with van der Waals surface area (Å²) in [5.74, 6) is 1.62. The summed E-state index contributed by atoms with van der Waals surface area (Å²) in [5, 5.41) is 19.8. The summed E-state index contributed by atoms with van der Waals surface area (Å²) in [6, 6.07) is 13.5. The van der Waals surface area contributed by atoms with E-state index in [1.165, 1.54) is 12.1 Å². The van der Waals surface area contributed by atoms with Crippen molar-refractivity contribution in [1.82, 2.24) is 14.8 Å². The van der Waals surface area contributed by atoms with E-state index >= 15 is 0 Å². The van der Waals surface area contributed by atoms with Crippen LogP contribution in [0.2, 0.25) is 0 Å². The first kappa shape index (κ1) is 18.0. The molecule has 2 heterocycles. The van der Waals surface area contributed by atoms with Gasteiger partial charge in [-0.1, -0.05) is 18.2 Å². The average Bonchev–Trinajstić information content (AvgIpc) is 3.43. The largest absolute Gasteiger partial charge is 0.463 e. The van der Waals surface area contributed by atoms with Crippen molar-refractivity contribution >= 4 is 23.5 Å². The van der Waals surface area contributed by atoms with Crippen molar-refractivity contribution in [1.29, 1.82) is 0 Å². The van der Waals surface area contributed by atoms with Crippen LogP contribution in [0.1, 0.15) is 43.0 Å². The van der Waals surface area contributed by atoms with Gasteiger partial charge >= 0.3 is 6.09 Å². The molecule has 3 N–H and O–H groups in total. The lowest BCUT2D eigenvalue weighted by atomic mass is 10.1. The zero-order valence-electron chi connectivity index (χ0n) is 15.3. The number of hydrogen-bond donors (Lipinski definition) is 3. The van der Waals surface area contributed by atoms with Crippen LogP contribution in [0.25, 0.3) is 0 Å². The van der Waals surface area contributed by atoms with E-state index < -0.39 is 6.09 Å². The van der Waals surface area contributed by atoms with E-state index in [1.54, 1.807) is 24.3 Å². The zero-order valence-corrected chi connectivity index (χ0v) is 15.3. The van der Waals surface area contributed by atoms with E-state index in [0.29, 0.717) is 23.1 Å². The van der Waals surface area contributed by atoms with E-state index in [1.807, 2.05) is 19.1 Å². The van der Waals surface area contributed by atoms with Gasteiger partial charge in [-0.05, 0) is 49.6 Å². The summed E-state index contributed by atoms with van der Waals surface area (Å²) in [4.78, 5) is 15.9. The van der Waals surface area contributed by atoms with Crippen LogP contribution in [-0.4, -0.2) is 26.0 Å². The second kappa shape index (κ2) is 7.30. The van der Waals surface area contributed by atoms with Gasteiger partial charge in [-0.25, -0.2) is 14.2 Å². The molecule has 1 aromatic carbocycles. The van der Waals surface area contributed by atoms with Gasteiger partial charge in [0.15, 0.2) is 5.82 Å². The molecule has 0 unspecified atom stereocenters. The molecule has 1 aliphatic rings. The highest BCUT2D eigenvalue weighted by Crippen LogP contribution is 2.41. The molecular formula is C20H20FN5O2. The maximum Gasteiger partial charge on any atom is 0.432 e. The minimum absolute atomic E-state index is 0.0592. The van der Waals surface area contributed by atoms with E-state index in [2.05, 4.69) is 20.7 Å². The highest BCUT2D eigenvalue weighted by molar-refractivity contribution is 5.70. The fourth-order valence-electron chi connectivity index (χ4n) is 3.05. The molecule has 0 saturated heterocycles. The topological polar surface area (TPSA) is 92.1 Å². The Hall–Kier alpha value is -3.42. The average molecular weight is 381 g/mol. The van der Waals surface area contributed by atoms with E-state index in [0.717, 1.165) is 23.1 Å². The first-order chi connectivity index (χ1) is 13.5. The number of pyridine rings is 1. The van der Waals surface area contributed by atoms with Gasteiger partial charge in [-0.3, -0.25) is 0 Å². The Bertz CT molecular complexity index is 998. The molecule has 144 valence electrons. The number of aromatic nitrogens is 3. The number of halogens is 1. The van der Waals surface area contributed by atoms with Crippen LogP contribution in [-0.2, 0) is 0 Å². The van der Waals surface area contributed by atoms with Crippen LogP contribution >= 0.6 is 0 Å². The van der Waals surface area contributed by atoms with E-state index in [-0.39, 0.29) is 17.8 Å². The first-order valence-corrected chi connectivity index (χ1v) is 9.09. The maximum absolute atomic E-state index is 13.1. The first-order valence-electron chi connectivity index (χ1n) is 9.09. The number of anilines is 3. The SMILES string of the molecule is C[C@H](Nc1cccc(Nc2cc(C3CC3)n(C(=O)O)n2)n1)c1ccc(F)cc1. The molecule has 4 rings (SSSR count). The molecule has 1 aliphatic carbocycles. The number of nitrogens with one attached hydrogen (secondary N) is 2. The van der Waals surface area contributed by atoms with Gasteiger partial charge in [0.05, 0.1) is 5.69 Å². The van der Waals surface area contributed by atoms with Crippen molar-refractivity contribution < 1.29 is 14.3 Å². The van der Waals surface area contributed by atoms with Crippen LogP contribution in [0.5, 0.6) is 0 Å². The molecule has 7 nitrogen and oxygen atoms in total. The van der Waals surface area contributed by atoms with Gasteiger partial charge in [0.2, 0.25) is 0 Å². The van der Waals surface area contributed by atoms with Crippen molar-refractivity contribution in [2.75, 3.05) is 10.6 Å². The Balaban J connectivity index is 1.49. The van der Waals surface area contributed by atoms with Gasteiger partial charge in [0.25, 0.3) is 0 Å². The number of carboxylic acid groups (broad SMARTS) is 1. The summed E-state index contributed by atoms with van der Waals surface area (Å²) < 4.78 is 14.1. The Kier molecular flexibility index (Phi) is 4.68. The molecule has 2 aromatic heterocycles. The van der Waals surface area contributed by atoms with Crippen LogP contribution in [0, 0.1) is 5.82 Å². The van der Waals surface area contributed by atoms with E-state index in [9.17, 15) is 14.3 Å². The van der Waals surface area contributed by atoms with E-state index in [4.69, 9.17) is 0 Å². The number of rotatable bonds is 6. The fourth-order valence-corrected chi connectivity index (χ4v) is 3.05. The van der Waals surface area contributed by atoms with Crippen molar-refractivity contribution in [3.63, 3.8) is 0 Å². The zero-order chi connectivity index (χ0) is 19.7. The summed E-state index contributed by atoms with van der Waals surface area (Å²) in [6.07, 6.45) is 0.876. The van der Waals surface area contributed by atoms with Gasteiger partial charge in [0, 0.05) is 18.0 Å². The fraction of sp³-hybridized carbons (Fsp3) is 0.250. The Morgan fingerprint density at radius 1 is 1.18 bits per heavy atom. The van der Waals surface area contributed by atoms with Crippen molar-refractivity contribution in [3.8, 4) is 0 Å². The summed E-state index contributed by atoms with van der Waals surface area (Å²) in [5.41, 5.74) is 1.64. The molecule has 0 spiro atoms. The summed E-state index contributed by atoms with van der Waals surface area (Å²) in [6.45, 7) is 1.96.